The molecule has 0 aromatic heterocycles. The summed E-state index contributed by atoms with van der Waals surface area (Å²) in [6.45, 7) is 7.16. The summed E-state index contributed by atoms with van der Waals surface area (Å²) in [4.78, 5) is 19.7. The van der Waals surface area contributed by atoms with Crippen LogP contribution in [0.1, 0.15) is 27.7 Å². The van der Waals surface area contributed by atoms with E-state index in [1.54, 1.807) is 6.92 Å². The zero-order chi connectivity index (χ0) is 10.5. The van der Waals surface area contributed by atoms with Gasteiger partial charge in [-0.05, 0) is 27.7 Å². The Bertz CT molecular complexity index is 160. The van der Waals surface area contributed by atoms with Crippen molar-refractivity contribution in [2.75, 3.05) is 6.61 Å². The minimum Gasteiger partial charge on any atom is -0.450 e. The topological polar surface area (TPSA) is 65.0 Å². The van der Waals surface area contributed by atoms with Crippen LogP contribution in [0.4, 0.5) is 4.79 Å². The van der Waals surface area contributed by atoms with Gasteiger partial charge < -0.3 is 9.84 Å². The molecule has 0 aliphatic rings. The number of carbonyl (C=O) groups is 1. The lowest BCUT2D eigenvalue weighted by Crippen LogP contribution is -2.24. The van der Waals surface area contributed by atoms with E-state index < -0.39 is 17.9 Å². The summed E-state index contributed by atoms with van der Waals surface area (Å²) in [6, 6.07) is 0. The van der Waals surface area contributed by atoms with Gasteiger partial charge in [-0.3, -0.25) is 0 Å². The Kier molecular flexibility index (Phi) is 4.72. The highest BCUT2D eigenvalue weighted by Crippen LogP contribution is 2.07. The molecule has 1 unspecified atom stereocenters. The van der Waals surface area contributed by atoms with Crippen molar-refractivity contribution in [2.24, 2.45) is 0 Å². The molecule has 5 heteroatoms. The third kappa shape index (κ3) is 9.10. The van der Waals surface area contributed by atoms with Crippen LogP contribution in [0, 0.1) is 0 Å². The first kappa shape index (κ1) is 12.2. The maximum Gasteiger partial charge on any atom is 0.506 e. The van der Waals surface area contributed by atoms with Crippen molar-refractivity contribution in [1.82, 2.24) is 0 Å². The summed E-state index contributed by atoms with van der Waals surface area (Å²) in [7, 11) is 0. The van der Waals surface area contributed by atoms with Crippen LogP contribution in [0.15, 0.2) is 0 Å². The maximum atomic E-state index is 10.1. The Morgan fingerprint density at radius 2 is 2.00 bits per heavy atom. The van der Waals surface area contributed by atoms with Gasteiger partial charge in [0.25, 0.3) is 0 Å². The van der Waals surface area contributed by atoms with Crippen molar-refractivity contribution in [2.45, 2.75) is 39.4 Å². The molecule has 78 valence electrons. The molecule has 0 fully saturated rings. The van der Waals surface area contributed by atoms with Crippen LogP contribution in [0.5, 0.6) is 0 Å². The van der Waals surface area contributed by atoms with Crippen LogP contribution < -0.4 is 0 Å². The van der Waals surface area contributed by atoms with Gasteiger partial charge in [-0.1, -0.05) is 0 Å². The van der Waals surface area contributed by atoms with Gasteiger partial charge in [-0.25, -0.2) is 14.6 Å². The number of rotatable bonds is 4. The molecule has 0 amide bonds. The molecule has 13 heavy (non-hydrogen) atoms. The fourth-order valence-corrected chi connectivity index (χ4v) is 0.513. The molecule has 0 rings (SSSR count). The van der Waals surface area contributed by atoms with E-state index in [0.717, 1.165) is 0 Å². The van der Waals surface area contributed by atoms with Crippen LogP contribution >= 0.6 is 0 Å². The Balaban J connectivity index is 3.48. The zero-order valence-corrected chi connectivity index (χ0v) is 8.36. The number of hydrogen-bond acceptors (Lipinski definition) is 4. The van der Waals surface area contributed by atoms with Crippen LogP contribution in [0.2, 0.25) is 0 Å². The van der Waals surface area contributed by atoms with Gasteiger partial charge in [0.2, 0.25) is 0 Å². The largest absolute Gasteiger partial charge is 0.506 e. The van der Waals surface area contributed by atoms with E-state index in [9.17, 15) is 4.79 Å². The first-order valence-electron chi connectivity index (χ1n) is 4.01. The van der Waals surface area contributed by atoms with Crippen molar-refractivity contribution in [3.05, 3.63) is 0 Å². The summed E-state index contributed by atoms with van der Waals surface area (Å²) >= 11 is 0. The molecule has 0 aliphatic carbocycles. The zero-order valence-electron chi connectivity index (χ0n) is 8.36. The van der Waals surface area contributed by atoms with Crippen LogP contribution in [-0.4, -0.2) is 29.6 Å². The molecule has 0 aliphatic heterocycles. The average Bonchev–Trinajstić information content (AvgIpc) is 1.81. The van der Waals surface area contributed by atoms with E-state index in [0.29, 0.717) is 0 Å². The third-order valence-electron chi connectivity index (χ3n) is 0.914. The van der Waals surface area contributed by atoms with E-state index in [1.807, 2.05) is 20.8 Å². The van der Waals surface area contributed by atoms with E-state index in [2.05, 4.69) is 4.74 Å². The number of carboxylic acid groups (broad SMARTS) is 1. The van der Waals surface area contributed by atoms with E-state index in [-0.39, 0.29) is 6.61 Å². The van der Waals surface area contributed by atoms with Gasteiger partial charge in [0.15, 0.2) is 0 Å². The molecule has 0 heterocycles. The van der Waals surface area contributed by atoms with Crippen LogP contribution in [0.3, 0.4) is 0 Å². The smallest absolute Gasteiger partial charge is 0.450 e. The van der Waals surface area contributed by atoms with E-state index >= 15 is 0 Å². The Hall–Kier alpha value is -0.810. The molecule has 0 saturated heterocycles. The highest BCUT2D eigenvalue weighted by molar-refractivity contribution is 5.56. The van der Waals surface area contributed by atoms with Crippen molar-refractivity contribution in [1.29, 1.82) is 0 Å². The first-order chi connectivity index (χ1) is 5.81. The predicted octanol–water partition coefficient (Wildman–Crippen LogP) is 1.82. The van der Waals surface area contributed by atoms with Crippen molar-refractivity contribution >= 4 is 6.16 Å². The molecular weight excluding hydrogens is 176 g/mol. The number of ether oxygens (including phenoxy) is 1. The summed E-state index contributed by atoms with van der Waals surface area (Å²) < 4.78 is 4.38. The fraction of sp³-hybridized carbons (Fsp3) is 0.875. The van der Waals surface area contributed by atoms with Crippen LogP contribution in [0.25, 0.3) is 0 Å². The minimum absolute atomic E-state index is 0.0869. The van der Waals surface area contributed by atoms with Gasteiger partial charge in [0.05, 0.1) is 5.60 Å². The van der Waals surface area contributed by atoms with Gasteiger partial charge >= 0.3 is 6.16 Å². The highest BCUT2D eigenvalue weighted by atomic mass is 17.2. The molecule has 5 nitrogen and oxygen atoms in total. The highest BCUT2D eigenvalue weighted by Gasteiger charge is 2.14. The fourth-order valence-electron chi connectivity index (χ4n) is 0.513. The summed E-state index contributed by atoms with van der Waals surface area (Å²) in [5.41, 5.74) is -0.400. The monoisotopic (exact) mass is 192 g/mol. The predicted molar refractivity (Wildman–Crippen MR) is 45.4 cm³/mol. The lowest BCUT2D eigenvalue weighted by molar-refractivity contribution is -0.355. The van der Waals surface area contributed by atoms with Crippen molar-refractivity contribution < 1.29 is 24.4 Å². The minimum atomic E-state index is -1.31. The summed E-state index contributed by atoms with van der Waals surface area (Å²) in [5, 5.41) is 8.22. The van der Waals surface area contributed by atoms with Crippen LogP contribution in [-0.2, 0) is 14.5 Å². The Labute approximate surface area is 77.5 Å². The second-order valence-electron chi connectivity index (χ2n) is 3.67. The number of hydrogen-bond donors (Lipinski definition) is 1. The van der Waals surface area contributed by atoms with E-state index in [4.69, 9.17) is 14.9 Å². The summed E-state index contributed by atoms with van der Waals surface area (Å²) in [5.74, 6) is 0. The molecule has 1 N–H and O–H groups in total. The molecular formula is C8H16O5. The normalized spacial score (nSPS) is 13.8. The van der Waals surface area contributed by atoms with Crippen molar-refractivity contribution in [3.63, 3.8) is 0 Å². The molecule has 0 radical (unpaired) electrons. The maximum absolute atomic E-state index is 10.1. The Morgan fingerprint density at radius 3 is 2.38 bits per heavy atom. The Morgan fingerprint density at radius 1 is 1.46 bits per heavy atom. The van der Waals surface area contributed by atoms with Gasteiger partial charge in [-0.2, -0.15) is 0 Å². The standard InChI is InChI=1S/C8H16O5/c1-6(12-7(9)10)5-11-13-8(2,3)4/h6H,5H2,1-4H3,(H,9,10). The molecule has 0 bridgehead atoms. The SMILES string of the molecule is CC(COOC(C)(C)C)OC(=O)O. The van der Waals surface area contributed by atoms with Gasteiger partial charge in [-0.15, -0.1) is 0 Å². The third-order valence-corrected chi connectivity index (χ3v) is 0.914. The van der Waals surface area contributed by atoms with Gasteiger partial charge in [0, 0.05) is 0 Å². The van der Waals surface area contributed by atoms with Gasteiger partial charge in [0.1, 0.15) is 12.7 Å². The molecule has 0 aromatic rings. The average molecular weight is 192 g/mol. The lowest BCUT2D eigenvalue weighted by atomic mass is 10.2. The summed E-state index contributed by atoms with van der Waals surface area (Å²) in [6.07, 6.45) is -1.84. The second-order valence-corrected chi connectivity index (χ2v) is 3.67. The quantitative estimate of drug-likeness (QED) is 0.418. The molecule has 0 spiro atoms. The molecule has 0 saturated carbocycles. The second kappa shape index (κ2) is 5.04. The first-order valence-corrected chi connectivity index (χ1v) is 4.01. The molecule has 1 atom stereocenters. The van der Waals surface area contributed by atoms with Crippen molar-refractivity contribution in [3.8, 4) is 0 Å². The molecule has 0 aromatic carbocycles. The van der Waals surface area contributed by atoms with E-state index in [1.165, 1.54) is 0 Å². The lowest BCUT2D eigenvalue weighted by Gasteiger charge is -2.18.